The maximum atomic E-state index is 9.52. The van der Waals surface area contributed by atoms with Gasteiger partial charge in [0.15, 0.2) is 5.79 Å². The Morgan fingerprint density at radius 3 is 2.38 bits per heavy atom. The van der Waals surface area contributed by atoms with Crippen LogP contribution >= 0.6 is 12.4 Å². The van der Waals surface area contributed by atoms with Crippen molar-refractivity contribution in [1.82, 2.24) is 0 Å². The highest BCUT2D eigenvalue weighted by Crippen LogP contribution is 2.37. The molecule has 2 aliphatic rings. The van der Waals surface area contributed by atoms with E-state index in [-0.39, 0.29) is 30.7 Å². The number of hydrogen-bond acceptors (Lipinski definition) is 4. The summed E-state index contributed by atoms with van der Waals surface area (Å²) in [5, 5.41) is 9.52. The molecule has 1 saturated heterocycles. The average molecular weight is 210 g/mol. The number of halogens is 1. The first-order valence-electron chi connectivity index (χ1n) is 4.29. The molecule has 4 nitrogen and oxygen atoms in total. The highest BCUT2D eigenvalue weighted by atomic mass is 35.5. The zero-order chi connectivity index (χ0) is 8.93. The largest absolute Gasteiger partial charge is 0.390 e. The Bertz CT molecular complexity index is 182. The Labute approximate surface area is 83.8 Å². The quantitative estimate of drug-likeness (QED) is 0.591. The van der Waals surface area contributed by atoms with Crippen molar-refractivity contribution >= 4 is 12.4 Å². The van der Waals surface area contributed by atoms with E-state index in [0.717, 1.165) is 0 Å². The van der Waals surface area contributed by atoms with E-state index in [0.29, 0.717) is 6.42 Å². The van der Waals surface area contributed by atoms with Crippen LogP contribution in [0, 0.1) is 0 Å². The zero-order valence-electron chi connectivity index (χ0n) is 7.77. The molecule has 13 heavy (non-hydrogen) atoms. The fraction of sp³-hybridized carbons (Fsp3) is 1.00. The molecule has 0 spiro atoms. The molecule has 5 heteroatoms. The van der Waals surface area contributed by atoms with Crippen molar-refractivity contribution < 1.29 is 14.6 Å². The molecule has 4 atom stereocenters. The zero-order valence-corrected chi connectivity index (χ0v) is 8.58. The molecule has 1 aliphatic heterocycles. The van der Waals surface area contributed by atoms with E-state index in [1.54, 1.807) is 0 Å². The molecule has 0 bridgehead atoms. The van der Waals surface area contributed by atoms with E-state index in [4.69, 9.17) is 15.2 Å². The van der Waals surface area contributed by atoms with Gasteiger partial charge in [-0.3, -0.25) is 0 Å². The van der Waals surface area contributed by atoms with Crippen molar-refractivity contribution in [3.8, 4) is 0 Å². The van der Waals surface area contributed by atoms with Crippen LogP contribution in [-0.4, -0.2) is 35.2 Å². The number of fused-ring (bicyclic) bond motifs is 1. The molecule has 0 amide bonds. The molecule has 3 N–H and O–H groups in total. The van der Waals surface area contributed by atoms with E-state index >= 15 is 0 Å². The lowest BCUT2D eigenvalue weighted by Gasteiger charge is -2.20. The van der Waals surface area contributed by atoms with Crippen LogP contribution in [-0.2, 0) is 9.47 Å². The fourth-order valence-corrected chi connectivity index (χ4v) is 1.99. The first-order valence-corrected chi connectivity index (χ1v) is 4.29. The van der Waals surface area contributed by atoms with E-state index in [1.165, 1.54) is 0 Å². The Kier molecular flexibility index (Phi) is 2.90. The van der Waals surface area contributed by atoms with Crippen LogP contribution in [0.2, 0.25) is 0 Å². The third kappa shape index (κ3) is 1.82. The number of aliphatic hydroxyl groups is 1. The minimum atomic E-state index is -0.589. The summed E-state index contributed by atoms with van der Waals surface area (Å²) in [5.74, 6) is -0.589. The summed E-state index contributed by atoms with van der Waals surface area (Å²) in [7, 11) is 0. The van der Waals surface area contributed by atoms with Gasteiger partial charge in [-0.05, 0) is 20.3 Å². The minimum Gasteiger partial charge on any atom is -0.390 e. The van der Waals surface area contributed by atoms with Gasteiger partial charge in [0.05, 0.1) is 6.10 Å². The summed E-state index contributed by atoms with van der Waals surface area (Å²) in [6.45, 7) is 3.68. The first kappa shape index (κ1) is 11.2. The summed E-state index contributed by atoms with van der Waals surface area (Å²) < 4.78 is 11.1. The molecule has 1 saturated carbocycles. The minimum absolute atomic E-state index is 0. The van der Waals surface area contributed by atoms with Crippen molar-refractivity contribution in [2.75, 3.05) is 0 Å². The second kappa shape index (κ2) is 3.37. The Morgan fingerprint density at radius 1 is 1.31 bits per heavy atom. The van der Waals surface area contributed by atoms with Crippen LogP contribution in [0.4, 0.5) is 0 Å². The molecular weight excluding hydrogens is 194 g/mol. The van der Waals surface area contributed by atoms with Gasteiger partial charge in [0, 0.05) is 6.04 Å². The summed E-state index contributed by atoms with van der Waals surface area (Å²) in [4.78, 5) is 0. The Hall–Kier alpha value is 0.130. The third-order valence-corrected chi connectivity index (χ3v) is 2.48. The monoisotopic (exact) mass is 209 g/mol. The van der Waals surface area contributed by atoms with Gasteiger partial charge in [-0.2, -0.15) is 0 Å². The van der Waals surface area contributed by atoms with Crippen LogP contribution in [0.15, 0.2) is 0 Å². The lowest BCUT2D eigenvalue weighted by molar-refractivity contribution is -0.163. The average Bonchev–Trinajstić information content (AvgIpc) is 2.34. The van der Waals surface area contributed by atoms with Gasteiger partial charge < -0.3 is 20.3 Å². The van der Waals surface area contributed by atoms with Crippen molar-refractivity contribution in [3.05, 3.63) is 0 Å². The van der Waals surface area contributed by atoms with Crippen molar-refractivity contribution in [1.29, 1.82) is 0 Å². The number of rotatable bonds is 0. The van der Waals surface area contributed by atoms with Gasteiger partial charge in [-0.25, -0.2) is 0 Å². The van der Waals surface area contributed by atoms with Crippen molar-refractivity contribution in [3.63, 3.8) is 0 Å². The van der Waals surface area contributed by atoms with Crippen LogP contribution in [0.3, 0.4) is 0 Å². The molecule has 0 aromatic carbocycles. The lowest BCUT2D eigenvalue weighted by atomic mass is 10.2. The smallest absolute Gasteiger partial charge is 0.163 e. The van der Waals surface area contributed by atoms with Crippen LogP contribution in [0.25, 0.3) is 0 Å². The van der Waals surface area contributed by atoms with E-state index in [9.17, 15) is 5.11 Å². The van der Waals surface area contributed by atoms with Crippen LogP contribution in [0.1, 0.15) is 20.3 Å². The standard InChI is InChI=1S/C8H15NO3.ClH/c1-8(2)11-6-4(9)3-5(10)7(6)12-8;/h4-7,10H,3,9H2,1-2H3;1H/t4-,5+,6+,7-;/m1./s1. The second-order valence-corrected chi connectivity index (χ2v) is 4.03. The first-order chi connectivity index (χ1) is 5.49. The molecule has 1 heterocycles. The summed E-state index contributed by atoms with van der Waals surface area (Å²) in [5.41, 5.74) is 5.77. The maximum Gasteiger partial charge on any atom is 0.163 e. The van der Waals surface area contributed by atoms with Gasteiger partial charge in [-0.15, -0.1) is 12.4 Å². The van der Waals surface area contributed by atoms with Gasteiger partial charge >= 0.3 is 0 Å². The summed E-state index contributed by atoms with van der Waals surface area (Å²) >= 11 is 0. The van der Waals surface area contributed by atoms with E-state index < -0.39 is 11.9 Å². The molecule has 0 unspecified atom stereocenters. The number of aliphatic hydroxyl groups excluding tert-OH is 1. The molecule has 1 aliphatic carbocycles. The molecular formula is C8H16ClNO3. The van der Waals surface area contributed by atoms with Gasteiger partial charge in [0.2, 0.25) is 0 Å². The van der Waals surface area contributed by atoms with Gasteiger partial charge in [-0.1, -0.05) is 0 Å². The predicted molar refractivity (Wildman–Crippen MR) is 49.7 cm³/mol. The van der Waals surface area contributed by atoms with E-state index in [2.05, 4.69) is 0 Å². The Balaban J connectivity index is 0.000000845. The maximum absolute atomic E-state index is 9.52. The number of hydrogen-bond donors (Lipinski definition) is 2. The second-order valence-electron chi connectivity index (χ2n) is 4.03. The molecule has 0 aromatic heterocycles. The highest BCUT2D eigenvalue weighted by molar-refractivity contribution is 5.85. The molecule has 2 fully saturated rings. The highest BCUT2D eigenvalue weighted by Gasteiger charge is 2.52. The number of ether oxygens (including phenoxy) is 2. The van der Waals surface area contributed by atoms with Gasteiger partial charge in [0.25, 0.3) is 0 Å². The van der Waals surface area contributed by atoms with E-state index in [1.807, 2.05) is 13.8 Å². The molecule has 0 radical (unpaired) electrons. The topological polar surface area (TPSA) is 64.7 Å². The molecule has 0 aromatic rings. The normalized spacial score (nSPS) is 47.1. The molecule has 2 rings (SSSR count). The predicted octanol–water partition coefficient (Wildman–Crippen LogP) is 0.0202. The third-order valence-electron chi connectivity index (χ3n) is 2.48. The Morgan fingerprint density at radius 2 is 1.85 bits per heavy atom. The molecule has 78 valence electrons. The number of nitrogens with two attached hydrogens (primary N) is 1. The summed E-state index contributed by atoms with van der Waals surface area (Å²) in [6, 6.07) is -0.0909. The summed E-state index contributed by atoms with van der Waals surface area (Å²) in [6.07, 6.45) is -0.248. The van der Waals surface area contributed by atoms with Gasteiger partial charge in [0.1, 0.15) is 12.2 Å². The lowest BCUT2D eigenvalue weighted by Crippen LogP contribution is -2.35. The SMILES string of the molecule is CC1(C)O[C@@H]2[C@H](O1)[C@@H](O)C[C@H]2N.Cl. The van der Waals surface area contributed by atoms with Crippen molar-refractivity contribution in [2.24, 2.45) is 5.73 Å². The van der Waals surface area contributed by atoms with Crippen molar-refractivity contribution in [2.45, 2.75) is 50.4 Å². The van der Waals surface area contributed by atoms with Crippen LogP contribution < -0.4 is 5.73 Å². The fourth-order valence-electron chi connectivity index (χ4n) is 1.99. The van der Waals surface area contributed by atoms with Crippen LogP contribution in [0.5, 0.6) is 0 Å².